The number of carbonyl (C=O) groups excluding carboxylic acids is 1. The summed E-state index contributed by atoms with van der Waals surface area (Å²) < 4.78 is 0. The molecule has 1 N–H and O–H groups in total. The number of benzene rings is 1. The molecule has 1 fully saturated rings. The van der Waals surface area contributed by atoms with Crippen LogP contribution in [-0.4, -0.2) is 44.0 Å². The minimum Gasteiger partial charge on any atom is -0.315 e. The minimum absolute atomic E-state index is 0.229. The molecule has 0 radical (unpaired) electrons. The van der Waals surface area contributed by atoms with Gasteiger partial charge in [0, 0.05) is 51.9 Å². The van der Waals surface area contributed by atoms with Crippen LogP contribution in [0.1, 0.15) is 17.5 Å². The summed E-state index contributed by atoms with van der Waals surface area (Å²) in [5, 5.41) is 3.38. The standard InChI is InChI=1S/C15H21N3O/c1-17-14-4-2-3-12(13(14)5-6-15(17)19)11-18-9-7-16-8-10-18/h2-4,16H,5-11H2,1H3. The number of nitrogens with zero attached hydrogens (tertiary/aromatic N) is 2. The number of amides is 1. The monoisotopic (exact) mass is 259 g/mol. The average Bonchev–Trinajstić information content (AvgIpc) is 2.45. The molecule has 4 heteroatoms. The van der Waals surface area contributed by atoms with Crippen LogP contribution in [-0.2, 0) is 17.8 Å². The molecule has 1 aromatic rings. The van der Waals surface area contributed by atoms with E-state index in [0.717, 1.165) is 44.8 Å². The number of piperazine rings is 1. The van der Waals surface area contributed by atoms with Gasteiger partial charge in [0.2, 0.25) is 5.91 Å². The zero-order chi connectivity index (χ0) is 13.2. The van der Waals surface area contributed by atoms with Crippen molar-refractivity contribution in [2.24, 2.45) is 0 Å². The second-order valence-electron chi connectivity index (χ2n) is 5.39. The second-order valence-corrected chi connectivity index (χ2v) is 5.39. The summed E-state index contributed by atoms with van der Waals surface area (Å²) in [5.74, 6) is 0.229. The van der Waals surface area contributed by atoms with Crippen LogP contribution in [0.2, 0.25) is 0 Å². The van der Waals surface area contributed by atoms with E-state index in [1.165, 1.54) is 11.1 Å². The molecule has 1 amide bonds. The molecule has 0 bridgehead atoms. The number of fused-ring (bicyclic) bond motifs is 1. The van der Waals surface area contributed by atoms with Gasteiger partial charge in [0.25, 0.3) is 0 Å². The van der Waals surface area contributed by atoms with E-state index < -0.39 is 0 Å². The SMILES string of the molecule is CN1C(=O)CCc2c(CN3CCNCC3)cccc21. The maximum absolute atomic E-state index is 11.8. The summed E-state index contributed by atoms with van der Waals surface area (Å²) >= 11 is 0. The van der Waals surface area contributed by atoms with Gasteiger partial charge in [0.1, 0.15) is 0 Å². The highest BCUT2D eigenvalue weighted by atomic mass is 16.2. The summed E-state index contributed by atoms with van der Waals surface area (Å²) in [6.45, 7) is 5.38. The molecule has 1 aromatic carbocycles. The summed E-state index contributed by atoms with van der Waals surface area (Å²) in [5.41, 5.74) is 3.85. The largest absolute Gasteiger partial charge is 0.315 e. The van der Waals surface area contributed by atoms with E-state index in [-0.39, 0.29) is 5.91 Å². The predicted molar refractivity (Wildman–Crippen MR) is 76.3 cm³/mol. The molecule has 0 aliphatic carbocycles. The Hall–Kier alpha value is -1.39. The zero-order valence-electron chi connectivity index (χ0n) is 11.5. The molecule has 2 aliphatic heterocycles. The van der Waals surface area contributed by atoms with Crippen molar-refractivity contribution in [3.8, 4) is 0 Å². The molecule has 2 heterocycles. The Kier molecular flexibility index (Phi) is 3.53. The maximum atomic E-state index is 11.8. The molecular weight excluding hydrogens is 238 g/mol. The Morgan fingerprint density at radius 3 is 2.79 bits per heavy atom. The van der Waals surface area contributed by atoms with E-state index in [1.54, 1.807) is 4.90 Å². The molecule has 1 saturated heterocycles. The van der Waals surface area contributed by atoms with Gasteiger partial charge in [-0.3, -0.25) is 9.69 Å². The van der Waals surface area contributed by atoms with E-state index in [0.29, 0.717) is 6.42 Å². The molecule has 0 spiro atoms. The van der Waals surface area contributed by atoms with Crippen LogP contribution in [0.3, 0.4) is 0 Å². The normalized spacial score (nSPS) is 20.5. The Balaban J connectivity index is 1.84. The van der Waals surface area contributed by atoms with Crippen LogP contribution in [0, 0.1) is 0 Å². The highest BCUT2D eigenvalue weighted by molar-refractivity contribution is 5.96. The lowest BCUT2D eigenvalue weighted by molar-refractivity contribution is -0.118. The molecule has 3 rings (SSSR count). The van der Waals surface area contributed by atoms with Gasteiger partial charge in [-0.2, -0.15) is 0 Å². The lowest BCUT2D eigenvalue weighted by Crippen LogP contribution is -2.43. The van der Waals surface area contributed by atoms with E-state index >= 15 is 0 Å². The quantitative estimate of drug-likeness (QED) is 0.860. The third kappa shape index (κ3) is 2.51. The highest BCUT2D eigenvalue weighted by Gasteiger charge is 2.23. The maximum Gasteiger partial charge on any atom is 0.227 e. The molecule has 4 nitrogen and oxygen atoms in total. The molecule has 0 aromatic heterocycles. The topological polar surface area (TPSA) is 35.6 Å². The third-order valence-electron chi connectivity index (χ3n) is 4.18. The van der Waals surface area contributed by atoms with Gasteiger partial charge in [-0.15, -0.1) is 0 Å². The van der Waals surface area contributed by atoms with Crippen molar-refractivity contribution in [1.29, 1.82) is 0 Å². The van der Waals surface area contributed by atoms with Crippen molar-refractivity contribution in [3.05, 3.63) is 29.3 Å². The van der Waals surface area contributed by atoms with Gasteiger partial charge in [-0.25, -0.2) is 0 Å². The first kappa shape index (κ1) is 12.6. The van der Waals surface area contributed by atoms with Crippen molar-refractivity contribution in [1.82, 2.24) is 10.2 Å². The van der Waals surface area contributed by atoms with Crippen LogP contribution in [0.15, 0.2) is 18.2 Å². The van der Waals surface area contributed by atoms with Gasteiger partial charge in [-0.1, -0.05) is 12.1 Å². The van der Waals surface area contributed by atoms with Crippen molar-refractivity contribution in [2.45, 2.75) is 19.4 Å². The summed E-state index contributed by atoms with van der Waals surface area (Å²) in [6.07, 6.45) is 1.53. The van der Waals surface area contributed by atoms with E-state index in [4.69, 9.17) is 0 Å². The fourth-order valence-electron chi connectivity index (χ4n) is 3.02. The average molecular weight is 259 g/mol. The third-order valence-corrected chi connectivity index (χ3v) is 4.18. The first-order chi connectivity index (χ1) is 9.25. The summed E-state index contributed by atoms with van der Waals surface area (Å²) in [6, 6.07) is 6.35. The Morgan fingerprint density at radius 2 is 2.00 bits per heavy atom. The number of rotatable bonds is 2. The lowest BCUT2D eigenvalue weighted by atomic mass is 9.96. The smallest absolute Gasteiger partial charge is 0.227 e. The molecule has 102 valence electrons. The van der Waals surface area contributed by atoms with Gasteiger partial charge in [-0.05, 0) is 23.6 Å². The zero-order valence-corrected chi connectivity index (χ0v) is 11.5. The second kappa shape index (κ2) is 5.31. The highest BCUT2D eigenvalue weighted by Crippen LogP contribution is 2.30. The van der Waals surface area contributed by atoms with Crippen molar-refractivity contribution in [3.63, 3.8) is 0 Å². The first-order valence-corrected chi connectivity index (χ1v) is 7.06. The first-order valence-electron chi connectivity index (χ1n) is 7.06. The molecular formula is C15H21N3O. The number of hydrogen-bond donors (Lipinski definition) is 1. The fraction of sp³-hybridized carbons (Fsp3) is 0.533. The van der Waals surface area contributed by atoms with Crippen molar-refractivity contribution < 1.29 is 4.79 Å². The van der Waals surface area contributed by atoms with Gasteiger partial charge >= 0.3 is 0 Å². The van der Waals surface area contributed by atoms with Gasteiger partial charge < -0.3 is 10.2 Å². The van der Waals surface area contributed by atoms with Gasteiger partial charge in [0.05, 0.1) is 0 Å². The summed E-state index contributed by atoms with van der Waals surface area (Å²) in [4.78, 5) is 16.1. The van der Waals surface area contributed by atoms with Crippen LogP contribution >= 0.6 is 0 Å². The summed E-state index contributed by atoms with van der Waals surface area (Å²) in [7, 11) is 1.88. The molecule has 2 aliphatic rings. The van der Waals surface area contributed by atoms with Crippen LogP contribution in [0.25, 0.3) is 0 Å². The van der Waals surface area contributed by atoms with E-state index in [9.17, 15) is 4.79 Å². The molecule has 0 atom stereocenters. The molecule has 0 saturated carbocycles. The molecule has 19 heavy (non-hydrogen) atoms. The number of nitrogens with one attached hydrogen (secondary N) is 1. The van der Waals surface area contributed by atoms with Crippen molar-refractivity contribution >= 4 is 11.6 Å². The lowest BCUT2D eigenvalue weighted by Gasteiger charge is -2.31. The van der Waals surface area contributed by atoms with Crippen LogP contribution < -0.4 is 10.2 Å². The number of carbonyl (C=O) groups is 1. The minimum atomic E-state index is 0.229. The predicted octanol–water partition coefficient (Wildman–Crippen LogP) is 1.00. The van der Waals surface area contributed by atoms with E-state index in [1.807, 2.05) is 7.05 Å². The molecule has 0 unspecified atom stereocenters. The fourth-order valence-corrected chi connectivity index (χ4v) is 3.02. The van der Waals surface area contributed by atoms with Crippen molar-refractivity contribution in [2.75, 3.05) is 38.1 Å². The Bertz CT molecular complexity index is 480. The Morgan fingerprint density at radius 1 is 1.21 bits per heavy atom. The Labute approximate surface area is 114 Å². The van der Waals surface area contributed by atoms with Gasteiger partial charge in [0.15, 0.2) is 0 Å². The number of anilines is 1. The number of hydrogen-bond acceptors (Lipinski definition) is 3. The van der Waals surface area contributed by atoms with E-state index in [2.05, 4.69) is 28.4 Å². The van der Waals surface area contributed by atoms with Crippen LogP contribution in [0.4, 0.5) is 5.69 Å². The van der Waals surface area contributed by atoms with Crippen LogP contribution in [0.5, 0.6) is 0 Å².